The van der Waals surface area contributed by atoms with Crippen LogP contribution in [0.15, 0.2) is 24.3 Å². The molecule has 0 atom stereocenters. The summed E-state index contributed by atoms with van der Waals surface area (Å²) in [7, 11) is 0. The van der Waals surface area contributed by atoms with Crippen molar-refractivity contribution in [3.8, 4) is 0 Å². The number of rotatable bonds is 3. The second-order valence-electron chi connectivity index (χ2n) is 5.41. The molecule has 1 aliphatic heterocycles. The van der Waals surface area contributed by atoms with Crippen LogP contribution in [0.1, 0.15) is 24.8 Å². The average Bonchev–Trinajstić information content (AvgIpc) is 2.15. The highest BCUT2D eigenvalue weighted by Crippen LogP contribution is 2.49. The number of anilines is 1. The number of carboxylic acids is 1. The van der Waals surface area contributed by atoms with Crippen LogP contribution in [0.5, 0.6) is 0 Å². The molecule has 0 radical (unpaired) electrons. The van der Waals surface area contributed by atoms with Crippen LogP contribution in [0.25, 0.3) is 0 Å². The van der Waals surface area contributed by atoms with Crippen molar-refractivity contribution in [3.63, 3.8) is 0 Å². The summed E-state index contributed by atoms with van der Waals surface area (Å²) in [6, 6.07) is 7.88. The number of hydrogen-bond acceptors (Lipinski definition) is 2. The molecule has 1 N–H and O–H groups in total. The molecule has 1 aromatic carbocycles. The van der Waals surface area contributed by atoms with Gasteiger partial charge in [-0.2, -0.15) is 0 Å². The molecule has 1 aromatic rings. The van der Waals surface area contributed by atoms with Gasteiger partial charge in [-0.3, -0.25) is 4.79 Å². The van der Waals surface area contributed by atoms with Crippen molar-refractivity contribution < 1.29 is 9.90 Å². The van der Waals surface area contributed by atoms with E-state index in [-0.39, 0.29) is 6.42 Å². The van der Waals surface area contributed by atoms with Crippen LogP contribution in [0.3, 0.4) is 0 Å². The van der Waals surface area contributed by atoms with Crippen molar-refractivity contribution >= 4 is 11.7 Å². The first-order valence-electron chi connectivity index (χ1n) is 6.23. The molecule has 0 bridgehead atoms. The molecule has 3 rings (SSSR count). The SMILES string of the molecule is O=C(O)Cc1ccccc1N1CC2(CCC2)C1. The van der Waals surface area contributed by atoms with Crippen LogP contribution in [0, 0.1) is 5.41 Å². The van der Waals surface area contributed by atoms with Gasteiger partial charge < -0.3 is 10.0 Å². The molecule has 0 unspecified atom stereocenters. The van der Waals surface area contributed by atoms with E-state index in [1.807, 2.05) is 24.3 Å². The molecule has 17 heavy (non-hydrogen) atoms. The van der Waals surface area contributed by atoms with Crippen LogP contribution in [0.4, 0.5) is 5.69 Å². The van der Waals surface area contributed by atoms with Crippen molar-refractivity contribution in [1.29, 1.82) is 0 Å². The van der Waals surface area contributed by atoms with Crippen molar-refractivity contribution in [2.75, 3.05) is 18.0 Å². The number of benzene rings is 1. The predicted molar refractivity (Wildman–Crippen MR) is 66.3 cm³/mol. The highest BCUT2D eigenvalue weighted by molar-refractivity contribution is 5.74. The lowest BCUT2D eigenvalue weighted by Crippen LogP contribution is -2.60. The minimum Gasteiger partial charge on any atom is -0.481 e. The summed E-state index contributed by atoms with van der Waals surface area (Å²) >= 11 is 0. The summed E-state index contributed by atoms with van der Waals surface area (Å²) in [5, 5.41) is 8.91. The lowest BCUT2D eigenvalue weighted by Gasteiger charge is -2.57. The summed E-state index contributed by atoms with van der Waals surface area (Å²) in [5.41, 5.74) is 2.64. The number of hydrogen-bond donors (Lipinski definition) is 1. The third-order valence-electron chi connectivity index (χ3n) is 4.14. The Morgan fingerprint density at radius 1 is 1.29 bits per heavy atom. The topological polar surface area (TPSA) is 40.5 Å². The molecule has 1 saturated heterocycles. The Labute approximate surface area is 101 Å². The quantitative estimate of drug-likeness (QED) is 0.867. The van der Waals surface area contributed by atoms with E-state index in [4.69, 9.17) is 5.11 Å². The van der Waals surface area contributed by atoms with E-state index in [0.29, 0.717) is 5.41 Å². The molecular formula is C14H17NO2. The summed E-state index contributed by atoms with van der Waals surface area (Å²) in [6.07, 6.45) is 4.19. The molecule has 90 valence electrons. The van der Waals surface area contributed by atoms with E-state index in [9.17, 15) is 4.79 Å². The summed E-state index contributed by atoms with van der Waals surface area (Å²) in [6.45, 7) is 2.23. The largest absolute Gasteiger partial charge is 0.481 e. The lowest BCUT2D eigenvalue weighted by molar-refractivity contribution is -0.136. The van der Waals surface area contributed by atoms with E-state index >= 15 is 0 Å². The minimum atomic E-state index is -0.753. The molecule has 2 fully saturated rings. The molecular weight excluding hydrogens is 214 g/mol. The number of carboxylic acid groups (broad SMARTS) is 1. The van der Waals surface area contributed by atoms with Gasteiger partial charge >= 0.3 is 5.97 Å². The maximum atomic E-state index is 10.8. The van der Waals surface area contributed by atoms with Crippen LogP contribution >= 0.6 is 0 Å². The summed E-state index contributed by atoms with van der Waals surface area (Å²) < 4.78 is 0. The van der Waals surface area contributed by atoms with Gasteiger partial charge in [0.25, 0.3) is 0 Å². The monoisotopic (exact) mass is 231 g/mol. The Morgan fingerprint density at radius 2 is 2.00 bits per heavy atom. The second kappa shape index (κ2) is 3.76. The highest BCUT2D eigenvalue weighted by atomic mass is 16.4. The van der Waals surface area contributed by atoms with Gasteiger partial charge in [-0.25, -0.2) is 0 Å². The van der Waals surface area contributed by atoms with E-state index in [2.05, 4.69) is 4.90 Å². The molecule has 3 nitrogen and oxygen atoms in total. The number of aliphatic carboxylic acids is 1. The molecule has 1 saturated carbocycles. The number of para-hydroxylation sites is 1. The average molecular weight is 231 g/mol. The molecule has 3 heteroatoms. The normalized spacial score (nSPS) is 20.8. The van der Waals surface area contributed by atoms with Gasteiger partial charge in [0.05, 0.1) is 6.42 Å². The van der Waals surface area contributed by atoms with Gasteiger partial charge in [-0.1, -0.05) is 24.6 Å². The molecule has 0 aromatic heterocycles. The first-order valence-corrected chi connectivity index (χ1v) is 6.23. The van der Waals surface area contributed by atoms with Gasteiger partial charge in [-0.05, 0) is 24.5 Å². The van der Waals surface area contributed by atoms with Crippen LogP contribution in [0.2, 0.25) is 0 Å². The molecule has 0 amide bonds. The molecule has 1 heterocycles. The number of nitrogens with zero attached hydrogens (tertiary/aromatic N) is 1. The fourth-order valence-corrected chi connectivity index (χ4v) is 3.06. The zero-order chi connectivity index (χ0) is 11.9. The molecule has 1 aliphatic carbocycles. The maximum Gasteiger partial charge on any atom is 0.307 e. The zero-order valence-corrected chi connectivity index (χ0v) is 9.85. The zero-order valence-electron chi connectivity index (χ0n) is 9.85. The first-order chi connectivity index (χ1) is 8.19. The van der Waals surface area contributed by atoms with Gasteiger partial charge in [-0.15, -0.1) is 0 Å². The smallest absolute Gasteiger partial charge is 0.307 e. The van der Waals surface area contributed by atoms with Crippen molar-refractivity contribution in [2.24, 2.45) is 5.41 Å². The Hall–Kier alpha value is -1.51. The Balaban J connectivity index is 1.76. The molecule has 2 aliphatic rings. The van der Waals surface area contributed by atoms with Crippen molar-refractivity contribution in [2.45, 2.75) is 25.7 Å². The maximum absolute atomic E-state index is 10.8. The van der Waals surface area contributed by atoms with Gasteiger partial charge in [0.15, 0.2) is 0 Å². The third kappa shape index (κ3) is 1.79. The molecule has 1 spiro atoms. The van der Waals surface area contributed by atoms with Crippen LogP contribution < -0.4 is 4.90 Å². The van der Waals surface area contributed by atoms with Gasteiger partial charge in [0.2, 0.25) is 0 Å². The van der Waals surface area contributed by atoms with Crippen LogP contribution in [-0.4, -0.2) is 24.2 Å². The Morgan fingerprint density at radius 3 is 2.59 bits per heavy atom. The van der Waals surface area contributed by atoms with E-state index in [1.54, 1.807) is 0 Å². The lowest BCUT2D eigenvalue weighted by atomic mass is 9.63. The van der Waals surface area contributed by atoms with Crippen molar-refractivity contribution in [1.82, 2.24) is 0 Å². The highest BCUT2D eigenvalue weighted by Gasteiger charge is 2.47. The fraction of sp³-hybridized carbons (Fsp3) is 0.500. The Kier molecular flexibility index (Phi) is 2.35. The third-order valence-corrected chi connectivity index (χ3v) is 4.14. The Bertz CT molecular complexity index is 443. The first kappa shape index (κ1) is 10.6. The standard InChI is InChI=1S/C14H17NO2/c16-13(17)8-11-4-1-2-5-12(11)15-9-14(10-15)6-3-7-14/h1-2,4-5H,3,6-10H2,(H,16,17). The van der Waals surface area contributed by atoms with Gasteiger partial charge in [0.1, 0.15) is 0 Å². The fourth-order valence-electron chi connectivity index (χ4n) is 3.06. The van der Waals surface area contributed by atoms with E-state index < -0.39 is 5.97 Å². The summed E-state index contributed by atoms with van der Waals surface area (Å²) in [5.74, 6) is -0.753. The van der Waals surface area contributed by atoms with E-state index in [0.717, 1.165) is 24.3 Å². The van der Waals surface area contributed by atoms with Crippen LogP contribution in [-0.2, 0) is 11.2 Å². The van der Waals surface area contributed by atoms with E-state index in [1.165, 1.54) is 19.3 Å². The summed E-state index contributed by atoms with van der Waals surface area (Å²) in [4.78, 5) is 13.2. The van der Waals surface area contributed by atoms with Gasteiger partial charge in [0, 0.05) is 24.2 Å². The number of carbonyl (C=O) groups is 1. The second-order valence-corrected chi connectivity index (χ2v) is 5.41. The minimum absolute atomic E-state index is 0.125. The van der Waals surface area contributed by atoms with Crippen molar-refractivity contribution in [3.05, 3.63) is 29.8 Å². The predicted octanol–water partition coefficient (Wildman–Crippen LogP) is 2.30.